The van der Waals surface area contributed by atoms with Crippen molar-refractivity contribution in [2.24, 2.45) is 0 Å². The van der Waals surface area contributed by atoms with Gasteiger partial charge in [-0.15, -0.1) is 0 Å². The molecule has 0 atom stereocenters. The SMILES string of the molecule is Cc1ccc(-c2ccc(Cl)c(CCO)c2)cc1. The molecular formula is C15H15ClO. The average Bonchev–Trinajstić information content (AvgIpc) is 2.33. The van der Waals surface area contributed by atoms with E-state index in [9.17, 15) is 0 Å². The zero-order valence-corrected chi connectivity index (χ0v) is 10.5. The van der Waals surface area contributed by atoms with Crippen LogP contribution in [0.4, 0.5) is 0 Å². The molecule has 0 bridgehead atoms. The molecule has 0 amide bonds. The summed E-state index contributed by atoms with van der Waals surface area (Å²) in [5.41, 5.74) is 4.55. The van der Waals surface area contributed by atoms with Crippen molar-refractivity contribution >= 4 is 11.6 Å². The number of aryl methyl sites for hydroxylation is 1. The van der Waals surface area contributed by atoms with Gasteiger partial charge in [0.2, 0.25) is 0 Å². The number of hydrogen-bond acceptors (Lipinski definition) is 1. The summed E-state index contributed by atoms with van der Waals surface area (Å²) in [6.07, 6.45) is 0.596. The molecular weight excluding hydrogens is 232 g/mol. The van der Waals surface area contributed by atoms with E-state index in [0.29, 0.717) is 6.42 Å². The lowest BCUT2D eigenvalue weighted by Gasteiger charge is -2.07. The first-order valence-corrected chi connectivity index (χ1v) is 6.05. The van der Waals surface area contributed by atoms with Crippen molar-refractivity contribution < 1.29 is 5.11 Å². The molecule has 0 aliphatic rings. The molecule has 0 spiro atoms. The van der Waals surface area contributed by atoms with E-state index in [0.717, 1.165) is 16.1 Å². The van der Waals surface area contributed by atoms with E-state index in [2.05, 4.69) is 31.2 Å². The Morgan fingerprint density at radius 1 is 1.00 bits per heavy atom. The number of hydrogen-bond donors (Lipinski definition) is 1. The Kier molecular flexibility index (Phi) is 3.82. The van der Waals surface area contributed by atoms with Crippen LogP contribution >= 0.6 is 11.6 Å². The van der Waals surface area contributed by atoms with Crippen LogP contribution in [0.1, 0.15) is 11.1 Å². The van der Waals surface area contributed by atoms with Gasteiger partial charge in [0.15, 0.2) is 0 Å². The molecule has 88 valence electrons. The molecule has 2 rings (SSSR count). The van der Waals surface area contributed by atoms with Crippen LogP contribution in [0.15, 0.2) is 42.5 Å². The van der Waals surface area contributed by atoms with Crippen LogP contribution < -0.4 is 0 Å². The lowest BCUT2D eigenvalue weighted by molar-refractivity contribution is 0.299. The second-order valence-corrected chi connectivity index (χ2v) is 4.55. The van der Waals surface area contributed by atoms with Crippen molar-refractivity contribution in [1.29, 1.82) is 0 Å². The summed E-state index contributed by atoms with van der Waals surface area (Å²) in [5, 5.41) is 9.70. The van der Waals surface area contributed by atoms with Gasteiger partial charge < -0.3 is 5.11 Å². The third-order valence-electron chi connectivity index (χ3n) is 2.81. The van der Waals surface area contributed by atoms with E-state index in [4.69, 9.17) is 16.7 Å². The smallest absolute Gasteiger partial charge is 0.0471 e. The highest BCUT2D eigenvalue weighted by molar-refractivity contribution is 6.31. The minimum Gasteiger partial charge on any atom is -0.396 e. The average molecular weight is 247 g/mol. The Hall–Kier alpha value is -1.31. The summed E-state index contributed by atoms with van der Waals surface area (Å²) in [4.78, 5) is 0. The molecule has 2 aromatic carbocycles. The molecule has 1 nitrogen and oxygen atoms in total. The summed E-state index contributed by atoms with van der Waals surface area (Å²) in [6.45, 7) is 2.19. The number of aliphatic hydroxyl groups excluding tert-OH is 1. The molecule has 1 N–H and O–H groups in total. The van der Waals surface area contributed by atoms with E-state index < -0.39 is 0 Å². The predicted molar refractivity (Wildman–Crippen MR) is 72.4 cm³/mol. The quantitative estimate of drug-likeness (QED) is 0.872. The van der Waals surface area contributed by atoms with E-state index in [1.54, 1.807) is 0 Å². The first kappa shape index (κ1) is 12.2. The van der Waals surface area contributed by atoms with Crippen LogP contribution in [0.25, 0.3) is 11.1 Å². The molecule has 0 fully saturated rings. The van der Waals surface area contributed by atoms with Gasteiger partial charge in [-0.05, 0) is 42.2 Å². The van der Waals surface area contributed by atoms with Crippen LogP contribution in [0.2, 0.25) is 5.02 Å². The maximum Gasteiger partial charge on any atom is 0.0471 e. The number of benzene rings is 2. The van der Waals surface area contributed by atoms with Crippen LogP contribution in [0.3, 0.4) is 0 Å². The van der Waals surface area contributed by atoms with Crippen molar-refractivity contribution in [3.05, 3.63) is 58.6 Å². The van der Waals surface area contributed by atoms with Gasteiger partial charge in [-0.2, -0.15) is 0 Å². The second kappa shape index (κ2) is 5.35. The van der Waals surface area contributed by atoms with Crippen molar-refractivity contribution in [3.63, 3.8) is 0 Å². The van der Waals surface area contributed by atoms with Gasteiger partial charge in [-0.25, -0.2) is 0 Å². The Morgan fingerprint density at radius 2 is 1.65 bits per heavy atom. The van der Waals surface area contributed by atoms with Gasteiger partial charge in [-0.3, -0.25) is 0 Å². The highest BCUT2D eigenvalue weighted by Crippen LogP contribution is 2.25. The van der Waals surface area contributed by atoms with Crippen LogP contribution in [-0.2, 0) is 6.42 Å². The zero-order valence-electron chi connectivity index (χ0n) is 9.78. The first-order chi connectivity index (χ1) is 8.20. The van der Waals surface area contributed by atoms with Crippen LogP contribution in [-0.4, -0.2) is 11.7 Å². The Labute approximate surface area is 107 Å². The van der Waals surface area contributed by atoms with Gasteiger partial charge >= 0.3 is 0 Å². The van der Waals surface area contributed by atoms with Crippen molar-refractivity contribution in [2.45, 2.75) is 13.3 Å². The number of halogens is 1. The molecule has 2 heteroatoms. The molecule has 0 saturated carbocycles. The highest BCUT2D eigenvalue weighted by Gasteiger charge is 2.03. The number of aliphatic hydroxyl groups is 1. The maximum atomic E-state index is 8.98. The summed E-state index contributed by atoms with van der Waals surface area (Å²) >= 11 is 6.08. The third-order valence-corrected chi connectivity index (χ3v) is 3.18. The molecule has 0 aromatic heterocycles. The fourth-order valence-electron chi connectivity index (χ4n) is 1.81. The Bertz CT molecular complexity index is 503. The van der Waals surface area contributed by atoms with E-state index in [1.165, 1.54) is 11.1 Å². The van der Waals surface area contributed by atoms with Crippen molar-refractivity contribution in [1.82, 2.24) is 0 Å². The Balaban J connectivity index is 2.39. The summed E-state index contributed by atoms with van der Waals surface area (Å²) in [5.74, 6) is 0. The largest absolute Gasteiger partial charge is 0.396 e. The molecule has 0 aliphatic carbocycles. The third kappa shape index (κ3) is 2.87. The van der Waals surface area contributed by atoms with Gasteiger partial charge in [0.05, 0.1) is 0 Å². The maximum absolute atomic E-state index is 8.98. The Morgan fingerprint density at radius 3 is 2.29 bits per heavy atom. The summed E-state index contributed by atoms with van der Waals surface area (Å²) in [7, 11) is 0. The molecule has 0 saturated heterocycles. The first-order valence-electron chi connectivity index (χ1n) is 5.67. The molecule has 0 heterocycles. The molecule has 17 heavy (non-hydrogen) atoms. The van der Waals surface area contributed by atoms with E-state index in [1.807, 2.05) is 18.2 Å². The minimum atomic E-state index is 0.122. The number of rotatable bonds is 3. The van der Waals surface area contributed by atoms with Crippen LogP contribution in [0, 0.1) is 6.92 Å². The lowest BCUT2D eigenvalue weighted by Crippen LogP contribution is -1.92. The van der Waals surface area contributed by atoms with Gasteiger partial charge in [0.1, 0.15) is 0 Å². The second-order valence-electron chi connectivity index (χ2n) is 4.15. The fraction of sp³-hybridized carbons (Fsp3) is 0.200. The van der Waals surface area contributed by atoms with Gasteiger partial charge in [-0.1, -0.05) is 47.5 Å². The highest BCUT2D eigenvalue weighted by atomic mass is 35.5. The lowest BCUT2D eigenvalue weighted by atomic mass is 10.0. The topological polar surface area (TPSA) is 20.2 Å². The van der Waals surface area contributed by atoms with E-state index in [-0.39, 0.29) is 6.61 Å². The molecule has 2 aromatic rings. The van der Waals surface area contributed by atoms with Crippen molar-refractivity contribution in [3.8, 4) is 11.1 Å². The van der Waals surface area contributed by atoms with Gasteiger partial charge in [0, 0.05) is 11.6 Å². The van der Waals surface area contributed by atoms with E-state index >= 15 is 0 Å². The predicted octanol–water partition coefficient (Wildman–Crippen LogP) is 3.85. The summed E-state index contributed by atoms with van der Waals surface area (Å²) < 4.78 is 0. The zero-order chi connectivity index (χ0) is 12.3. The molecule has 0 aliphatic heterocycles. The fourth-order valence-corrected chi connectivity index (χ4v) is 2.02. The van der Waals surface area contributed by atoms with Crippen molar-refractivity contribution in [2.75, 3.05) is 6.61 Å². The molecule has 0 unspecified atom stereocenters. The van der Waals surface area contributed by atoms with Gasteiger partial charge in [0.25, 0.3) is 0 Å². The normalized spacial score (nSPS) is 10.5. The van der Waals surface area contributed by atoms with Crippen LogP contribution in [0.5, 0.6) is 0 Å². The summed E-state index contributed by atoms with van der Waals surface area (Å²) in [6, 6.07) is 14.3. The molecule has 0 radical (unpaired) electrons. The minimum absolute atomic E-state index is 0.122. The monoisotopic (exact) mass is 246 g/mol. The standard InChI is InChI=1S/C15H15ClO/c1-11-2-4-12(5-3-11)13-6-7-15(16)14(10-13)8-9-17/h2-7,10,17H,8-9H2,1H3.